The number of nitrogens with one attached hydrogen (secondary N) is 1. The summed E-state index contributed by atoms with van der Waals surface area (Å²) in [6.07, 6.45) is -1.35. The summed E-state index contributed by atoms with van der Waals surface area (Å²) >= 11 is 0. The zero-order valence-corrected chi connectivity index (χ0v) is 21.7. The molecule has 10 nitrogen and oxygen atoms in total. The lowest BCUT2D eigenvalue weighted by Crippen LogP contribution is -2.55. The number of carbonyl (C=O) groups excluding carboxylic acids is 1. The summed E-state index contributed by atoms with van der Waals surface area (Å²) in [6, 6.07) is 22.1. The van der Waals surface area contributed by atoms with Gasteiger partial charge in [0.1, 0.15) is 17.3 Å². The second-order valence-electron chi connectivity index (χ2n) is 9.50. The number of carboxylic acids is 1. The first-order valence-electron chi connectivity index (χ1n) is 12.5. The van der Waals surface area contributed by atoms with Crippen molar-refractivity contribution in [2.75, 3.05) is 7.11 Å². The van der Waals surface area contributed by atoms with Gasteiger partial charge < -0.3 is 37.3 Å². The molecular weight excluding hydrogens is 500 g/mol. The molecule has 0 radical (unpaired) electrons. The van der Waals surface area contributed by atoms with Crippen LogP contribution in [-0.4, -0.2) is 58.6 Å². The number of methoxy groups -OCH3 is 1. The predicted molar refractivity (Wildman–Crippen MR) is 147 cm³/mol. The summed E-state index contributed by atoms with van der Waals surface area (Å²) < 4.78 is 5.09. The lowest BCUT2D eigenvalue weighted by molar-refractivity contribution is -0.143. The number of carboxylic acid groups (broad SMARTS) is 1. The van der Waals surface area contributed by atoms with Crippen molar-refractivity contribution in [1.29, 1.82) is 0 Å². The number of nitrogens with two attached hydrogens (primary N) is 3. The van der Waals surface area contributed by atoms with Gasteiger partial charge in [-0.25, -0.2) is 0 Å². The van der Waals surface area contributed by atoms with Crippen molar-refractivity contribution in [3.05, 3.63) is 101 Å². The van der Waals surface area contributed by atoms with Crippen LogP contribution in [0, 0.1) is 0 Å². The lowest BCUT2D eigenvalue weighted by Gasteiger charge is -2.25. The predicted octanol–water partition coefficient (Wildman–Crippen LogP) is 0.412. The zero-order chi connectivity index (χ0) is 28.6. The van der Waals surface area contributed by atoms with Gasteiger partial charge in [0.25, 0.3) is 0 Å². The van der Waals surface area contributed by atoms with Gasteiger partial charge in [-0.3, -0.25) is 14.9 Å². The zero-order valence-electron chi connectivity index (χ0n) is 21.7. The highest BCUT2D eigenvalue weighted by molar-refractivity contribution is 5.88. The van der Waals surface area contributed by atoms with Crippen LogP contribution in [0.1, 0.15) is 22.3 Å². The first-order chi connectivity index (χ1) is 18.6. The molecule has 39 heavy (non-hydrogen) atoms. The Bertz CT molecular complexity index is 1240. The number of fused-ring (bicyclic) bond motifs is 1. The number of aliphatic carboxylic acids is 1. The Hall–Kier alpha value is -3.80. The lowest BCUT2D eigenvalue weighted by atomic mass is 9.90. The molecule has 0 aliphatic heterocycles. The Kier molecular flexibility index (Phi) is 10.2. The largest absolute Gasteiger partial charge is 0.497 e. The van der Waals surface area contributed by atoms with Crippen LogP contribution in [-0.2, 0) is 34.5 Å². The molecule has 208 valence electrons. The van der Waals surface area contributed by atoms with E-state index in [2.05, 4.69) is 5.32 Å². The summed E-state index contributed by atoms with van der Waals surface area (Å²) in [7, 11) is 1.58. The molecule has 3 aromatic carbocycles. The van der Waals surface area contributed by atoms with Gasteiger partial charge in [-0.05, 0) is 40.8 Å². The van der Waals surface area contributed by atoms with Crippen LogP contribution < -0.4 is 27.3 Å². The van der Waals surface area contributed by atoms with E-state index in [9.17, 15) is 24.9 Å². The minimum absolute atomic E-state index is 0.302. The van der Waals surface area contributed by atoms with Gasteiger partial charge in [-0.15, -0.1) is 0 Å². The quantitative estimate of drug-likeness (QED) is 0.192. The Morgan fingerprint density at radius 2 is 1.64 bits per heavy atom. The van der Waals surface area contributed by atoms with Crippen LogP contribution in [0.4, 0.5) is 0 Å². The SMILES string of the molecule is COc1ccc(CN[C@@H](C(=O)O)[C@@H](O)[C@@H](N)Cc2ccccc2)cc1.NC(=O)[C@]1(N)c2ccccc2C[C@H]1O. The van der Waals surface area contributed by atoms with Crippen molar-refractivity contribution in [3.8, 4) is 5.75 Å². The van der Waals surface area contributed by atoms with E-state index in [1.165, 1.54) is 0 Å². The number of primary amides is 1. The molecule has 4 rings (SSSR count). The molecule has 10 N–H and O–H groups in total. The number of carbonyl (C=O) groups is 2. The normalized spacial score (nSPS) is 20.1. The second kappa shape index (κ2) is 13.3. The number of hydrogen-bond acceptors (Lipinski definition) is 8. The first kappa shape index (κ1) is 29.8. The maximum absolute atomic E-state index is 11.5. The van der Waals surface area contributed by atoms with Crippen LogP contribution >= 0.6 is 0 Å². The smallest absolute Gasteiger partial charge is 0.323 e. The molecule has 1 aliphatic rings. The van der Waals surface area contributed by atoms with E-state index in [0.717, 1.165) is 22.4 Å². The van der Waals surface area contributed by atoms with Crippen molar-refractivity contribution in [2.45, 2.75) is 49.2 Å². The van der Waals surface area contributed by atoms with Gasteiger partial charge in [0.2, 0.25) is 5.91 Å². The Morgan fingerprint density at radius 3 is 2.23 bits per heavy atom. The molecule has 0 saturated heterocycles. The third kappa shape index (κ3) is 7.20. The maximum Gasteiger partial charge on any atom is 0.323 e. The maximum atomic E-state index is 11.5. The Morgan fingerprint density at radius 1 is 1.03 bits per heavy atom. The molecule has 1 amide bonds. The minimum atomic E-state index is -1.42. The molecule has 0 spiro atoms. The van der Waals surface area contributed by atoms with E-state index in [0.29, 0.717) is 24.9 Å². The van der Waals surface area contributed by atoms with E-state index in [-0.39, 0.29) is 0 Å². The number of ether oxygens (including phenoxy) is 1. The van der Waals surface area contributed by atoms with Gasteiger partial charge >= 0.3 is 5.97 Å². The van der Waals surface area contributed by atoms with E-state index in [1.54, 1.807) is 31.4 Å². The van der Waals surface area contributed by atoms with E-state index in [4.69, 9.17) is 21.9 Å². The number of hydrogen-bond donors (Lipinski definition) is 7. The third-order valence-corrected chi connectivity index (χ3v) is 6.86. The number of amides is 1. The summed E-state index contributed by atoms with van der Waals surface area (Å²) in [4.78, 5) is 22.8. The van der Waals surface area contributed by atoms with Gasteiger partial charge in [0.05, 0.1) is 19.3 Å². The van der Waals surface area contributed by atoms with Crippen LogP contribution in [0.25, 0.3) is 0 Å². The molecule has 0 bridgehead atoms. The third-order valence-electron chi connectivity index (χ3n) is 6.86. The molecule has 0 unspecified atom stereocenters. The fraction of sp³-hybridized carbons (Fsp3) is 0.310. The van der Waals surface area contributed by atoms with E-state index < -0.39 is 41.7 Å². The van der Waals surface area contributed by atoms with Gasteiger partial charge in [-0.1, -0.05) is 66.7 Å². The number of aliphatic hydroxyl groups excluding tert-OH is 2. The first-order valence-corrected chi connectivity index (χ1v) is 12.5. The Balaban J connectivity index is 0.000000252. The van der Waals surface area contributed by atoms with Gasteiger partial charge in [-0.2, -0.15) is 0 Å². The molecular formula is C29H36N4O6. The summed E-state index contributed by atoms with van der Waals surface area (Å²) in [5.74, 6) is -1.09. The highest BCUT2D eigenvalue weighted by Crippen LogP contribution is 2.34. The topological polar surface area (TPSA) is 194 Å². The van der Waals surface area contributed by atoms with Crippen molar-refractivity contribution in [1.82, 2.24) is 5.32 Å². The monoisotopic (exact) mass is 536 g/mol. The molecule has 0 heterocycles. The second-order valence-corrected chi connectivity index (χ2v) is 9.50. The molecule has 10 heteroatoms. The van der Waals surface area contributed by atoms with E-state index in [1.807, 2.05) is 54.6 Å². The minimum Gasteiger partial charge on any atom is -0.497 e. The summed E-state index contributed by atoms with van der Waals surface area (Å²) in [5, 5.41) is 32.4. The molecule has 0 aromatic heterocycles. The average Bonchev–Trinajstić information content (AvgIpc) is 3.20. The Labute approximate surface area is 227 Å². The molecule has 0 saturated carbocycles. The molecule has 0 fully saturated rings. The fourth-order valence-corrected chi connectivity index (χ4v) is 4.53. The van der Waals surface area contributed by atoms with Crippen LogP contribution in [0.15, 0.2) is 78.9 Å². The average molecular weight is 537 g/mol. The van der Waals surface area contributed by atoms with Crippen molar-refractivity contribution in [3.63, 3.8) is 0 Å². The summed E-state index contributed by atoms with van der Waals surface area (Å²) in [5.41, 5.74) is 19.0. The molecule has 5 atom stereocenters. The van der Waals surface area contributed by atoms with Gasteiger partial charge in [0, 0.05) is 19.0 Å². The number of rotatable bonds is 10. The standard InChI is InChI=1S/C19H24N2O4.C10H12N2O2/c1-25-15-9-7-14(8-10-15)12-21-17(19(23)24)18(22)16(20)11-13-5-3-2-4-6-13;11-9(14)10(12)7-4-2-1-3-6(7)5-8(10)13/h2-10,16-18,21-22H,11-12,20H2,1H3,(H,23,24);1-4,8,13H,5,12H2,(H2,11,14)/t16-,17+,18-;8-,10+/m01/s1. The number of aliphatic hydroxyl groups is 2. The van der Waals surface area contributed by atoms with Crippen LogP contribution in [0.2, 0.25) is 0 Å². The van der Waals surface area contributed by atoms with Crippen molar-refractivity contribution in [2.24, 2.45) is 17.2 Å². The highest BCUT2D eigenvalue weighted by atomic mass is 16.5. The number of benzene rings is 3. The van der Waals surface area contributed by atoms with E-state index >= 15 is 0 Å². The van der Waals surface area contributed by atoms with Gasteiger partial charge in [0.15, 0.2) is 0 Å². The summed E-state index contributed by atoms with van der Waals surface area (Å²) in [6.45, 7) is 0.302. The fourth-order valence-electron chi connectivity index (χ4n) is 4.53. The molecule has 1 aliphatic carbocycles. The van der Waals surface area contributed by atoms with Crippen molar-refractivity contribution < 1.29 is 29.6 Å². The molecule has 3 aromatic rings. The van der Waals surface area contributed by atoms with Crippen LogP contribution in [0.5, 0.6) is 5.75 Å². The van der Waals surface area contributed by atoms with Crippen LogP contribution in [0.3, 0.4) is 0 Å². The van der Waals surface area contributed by atoms with Crippen molar-refractivity contribution >= 4 is 11.9 Å². The highest BCUT2D eigenvalue weighted by Gasteiger charge is 2.47.